The molecule has 0 aromatic heterocycles. The van der Waals surface area contributed by atoms with Crippen molar-refractivity contribution in [1.29, 1.82) is 0 Å². The van der Waals surface area contributed by atoms with Crippen molar-refractivity contribution in [1.82, 2.24) is 0 Å². The molecule has 1 fully saturated rings. The molecule has 4 N–H and O–H groups in total. The Kier molecular flexibility index (Phi) is 8.56. The van der Waals surface area contributed by atoms with Gasteiger partial charge in [0.25, 0.3) is 11.8 Å². The molecule has 1 aliphatic rings. The summed E-state index contributed by atoms with van der Waals surface area (Å²) in [6.45, 7) is 1.48. The van der Waals surface area contributed by atoms with Crippen LogP contribution in [0.25, 0.3) is 0 Å². The van der Waals surface area contributed by atoms with Crippen LogP contribution in [0.15, 0.2) is 36.4 Å². The Hall–Kier alpha value is -3.43. The van der Waals surface area contributed by atoms with Gasteiger partial charge in [-0.1, -0.05) is 19.3 Å². The van der Waals surface area contributed by atoms with Crippen molar-refractivity contribution < 1.29 is 37.1 Å². The average Bonchev–Trinajstić information content (AvgIpc) is 2.77. The predicted octanol–water partition coefficient (Wildman–Crippen LogP) is 4.75. The molecule has 33 heavy (non-hydrogen) atoms. The van der Waals surface area contributed by atoms with E-state index in [9.17, 15) is 31.9 Å². The van der Waals surface area contributed by atoms with Gasteiger partial charge in [-0.2, -0.15) is 8.78 Å². The van der Waals surface area contributed by atoms with Crippen LogP contribution in [-0.4, -0.2) is 22.9 Å². The minimum absolute atomic E-state index is 0.0289. The first-order valence-electron chi connectivity index (χ1n) is 10.2. The van der Waals surface area contributed by atoms with Crippen molar-refractivity contribution in [3.05, 3.63) is 64.7 Å². The van der Waals surface area contributed by atoms with Crippen molar-refractivity contribution >= 4 is 23.5 Å². The number of primary amides is 1. The predicted molar refractivity (Wildman–Crippen MR) is 113 cm³/mol. The number of carboxylic acid groups (broad SMARTS) is 1. The summed E-state index contributed by atoms with van der Waals surface area (Å²) >= 11 is 0. The van der Waals surface area contributed by atoms with Crippen molar-refractivity contribution in [2.75, 3.05) is 5.32 Å². The Morgan fingerprint density at radius 3 is 2.12 bits per heavy atom. The van der Waals surface area contributed by atoms with Gasteiger partial charge >= 0.3 is 11.9 Å². The van der Waals surface area contributed by atoms with Crippen LogP contribution in [0.5, 0.6) is 0 Å². The number of hydrogen-bond acceptors (Lipinski definition) is 3. The highest BCUT2D eigenvalue weighted by molar-refractivity contribution is 6.04. The zero-order valence-electron chi connectivity index (χ0n) is 17.8. The Labute approximate surface area is 187 Å². The highest BCUT2D eigenvalue weighted by Crippen LogP contribution is 2.30. The van der Waals surface area contributed by atoms with Gasteiger partial charge in [-0.25, -0.2) is 8.78 Å². The maximum absolute atomic E-state index is 13.6. The fourth-order valence-corrected chi connectivity index (χ4v) is 3.32. The van der Waals surface area contributed by atoms with Crippen molar-refractivity contribution in [3.63, 3.8) is 0 Å². The molecule has 10 heteroatoms. The fourth-order valence-electron chi connectivity index (χ4n) is 3.32. The van der Waals surface area contributed by atoms with E-state index >= 15 is 0 Å². The molecule has 0 atom stereocenters. The molecule has 3 rings (SSSR count). The summed E-state index contributed by atoms with van der Waals surface area (Å²) in [5.74, 6) is -9.59. The molecule has 2 aromatic carbocycles. The lowest BCUT2D eigenvalue weighted by atomic mass is 9.90. The number of benzene rings is 2. The summed E-state index contributed by atoms with van der Waals surface area (Å²) in [4.78, 5) is 33.2. The van der Waals surface area contributed by atoms with Gasteiger partial charge in [0.1, 0.15) is 11.6 Å². The summed E-state index contributed by atoms with van der Waals surface area (Å²) in [6.07, 6.45) is 5.24. The van der Waals surface area contributed by atoms with E-state index in [1.807, 2.05) is 0 Å². The van der Waals surface area contributed by atoms with E-state index in [1.54, 1.807) is 0 Å². The summed E-state index contributed by atoms with van der Waals surface area (Å²) < 4.78 is 54.0. The van der Waals surface area contributed by atoms with Gasteiger partial charge in [0.05, 0.1) is 11.5 Å². The number of hydrogen-bond donors (Lipinski definition) is 3. The number of amides is 2. The highest BCUT2D eigenvalue weighted by Gasteiger charge is 2.41. The van der Waals surface area contributed by atoms with E-state index in [0.717, 1.165) is 37.8 Å². The molecule has 0 saturated heterocycles. The van der Waals surface area contributed by atoms with Crippen LogP contribution in [0.1, 0.15) is 53.6 Å². The number of rotatable bonds is 5. The van der Waals surface area contributed by atoms with Gasteiger partial charge in [-0.15, -0.1) is 0 Å². The number of aryl methyl sites for hydroxylation is 1. The van der Waals surface area contributed by atoms with Gasteiger partial charge in [0.2, 0.25) is 0 Å². The third-order valence-electron chi connectivity index (χ3n) is 5.25. The minimum Gasteiger partial charge on any atom is -0.481 e. The number of nitrogens with two attached hydrogens (primary N) is 1. The molecule has 0 bridgehead atoms. The molecule has 2 amide bonds. The van der Waals surface area contributed by atoms with E-state index in [4.69, 9.17) is 5.11 Å². The second kappa shape index (κ2) is 10.9. The van der Waals surface area contributed by atoms with Gasteiger partial charge in [0, 0.05) is 11.3 Å². The molecule has 0 radical (unpaired) electrons. The molecular weight excluding hydrogens is 444 g/mol. The van der Waals surface area contributed by atoms with E-state index in [0.29, 0.717) is 12.1 Å². The monoisotopic (exact) mass is 468 g/mol. The Morgan fingerprint density at radius 1 is 1.00 bits per heavy atom. The number of carbonyl (C=O) groups excluding carboxylic acids is 2. The minimum atomic E-state index is -4.26. The van der Waals surface area contributed by atoms with E-state index in [1.165, 1.54) is 25.5 Å². The number of carboxylic acids is 1. The maximum atomic E-state index is 13.6. The van der Waals surface area contributed by atoms with Crippen LogP contribution in [0, 0.1) is 24.5 Å². The summed E-state index contributed by atoms with van der Waals surface area (Å²) in [6, 6.07) is 5.91. The zero-order chi connectivity index (χ0) is 24.8. The second-order valence-corrected chi connectivity index (χ2v) is 7.72. The molecule has 0 aliphatic heterocycles. The largest absolute Gasteiger partial charge is 0.481 e. The van der Waals surface area contributed by atoms with Crippen LogP contribution >= 0.6 is 0 Å². The van der Waals surface area contributed by atoms with Gasteiger partial charge in [-0.3, -0.25) is 14.4 Å². The topological polar surface area (TPSA) is 109 Å². The first kappa shape index (κ1) is 25.8. The molecule has 2 aromatic rings. The number of carbonyl (C=O) groups is 3. The third kappa shape index (κ3) is 6.77. The first-order valence-corrected chi connectivity index (χ1v) is 10.2. The van der Waals surface area contributed by atoms with Crippen LogP contribution in [-0.2, 0) is 15.5 Å². The lowest BCUT2D eigenvalue weighted by molar-refractivity contribution is -0.143. The molecule has 1 aliphatic carbocycles. The van der Waals surface area contributed by atoms with Crippen molar-refractivity contribution in [3.8, 4) is 0 Å². The van der Waals surface area contributed by atoms with E-state index in [-0.39, 0.29) is 22.7 Å². The van der Waals surface area contributed by atoms with Crippen LogP contribution in [0.3, 0.4) is 0 Å². The van der Waals surface area contributed by atoms with Gasteiger partial charge < -0.3 is 16.2 Å². The number of anilines is 1. The Bertz CT molecular complexity index is 1040. The first-order chi connectivity index (χ1) is 15.4. The van der Waals surface area contributed by atoms with E-state index < -0.39 is 40.9 Å². The van der Waals surface area contributed by atoms with Crippen LogP contribution in [0.2, 0.25) is 0 Å². The average molecular weight is 468 g/mol. The summed E-state index contributed by atoms with van der Waals surface area (Å²) in [7, 11) is 0. The standard InChI is InChI=1S/C16H12F4N2O2.C7H12O2/c1-8-6-10(3-5-12(8)17)22-14(23)9-2-4-13(18)11(7-9)16(19,20)15(21)24;8-7(9)6-4-2-1-3-5-6/h2-7H,1H3,(H2,21,24)(H,22,23);6H,1-5H2,(H,8,9). The summed E-state index contributed by atoms with van der Waals surface area (Å²) in [5.41, 5.74) is 3.45. The lowest BCUT2D eigenvalue weighted by Crippen LogP contribution is -2.34. The number of halogens is 4. The molecule has 1 saturated carbocycles. The third-order valence-corrected chi connectivity index (χ3v) is 5.25. The Morgan fingerprint density at radius 2 is 1.61 bits per heavy atom. The second-order valence-electron chi connectivity index (χ2n) is 7.72. The van der Waals surface area contributed by atoms with E-state index in [2.05, 4.69) is 11.1 Å². The number of nitrogens with one attached hydrogen (secondary N) is 1. The molecule has 6 nitrogen and oxygen atoms in total. The van der Waals surface area contributed by atoms with Crippen LogP contribution in [0.4, 0.5) is 23.2 Å². The lowest BCUT2D eigenvalue weighted by Gasteiger charge is -2.16. The van der Waals surface area contributed by atoms with Gasteiger partial charge in [0.15, 0.2) is 0 Å². The molecule has 0 heterocycles. The molecular formula is C23H24F4N2O4. The normalized spacial score (nSPS) is 14.1. The van der Waals surface area contributed by atoms with Gasteiger partial charge in [-0.05, 0) is 61.7 Å². The summed E-state index contributed by atoms with van der Waals surface area (Å²) in [5, 5.41) is 10.9. The fraction of sp³-hybridized carbons (Fsp3) is 0.348. The zero-order valence-corrected chi connectivity index (χ0v) is 17.8. The molecule has 178 valence electrons. The highest BCUT2D eigenvalue weighted by atomic mass is 19.3. The number of alkyl halides is 2. The van der Waals surface area contributed by atoms with Crippen LogP contribution < -0.4 is 11.1 Å². The molecule has 0 spiro atoms. The number of aliphatic carboxylic acids is 1. The van der Waals surface area contributed by atoms with Crippen molar-refractivity contribution in [2.45, 2.75) is 45.0 Å². The maximum Gasteiger partial charge on any atom is 0.352 e. The Balaban J connectivity index is 0.000000357. The van der Waals surface area contributed by atoms with Crippen molar-refractivity contribution in [2.24, 2.45) is 11.7 Å². The molecule has 0 unspecified atom stereocenters. The quantitative estimate of drug-likeness (QED) is 0.550. The SMILES string of the molecule is Cc1cc(NC(=O)c2ccc(F)c(C(F)(F)C(N)=O)c2)ccc1F.O=C(O)C1CCCCC1. The smallest absolute Gasteiger partial charge is 0.352 e.